The fraction of sp³-hybridized carbons (Fsp3) is 0.538. The highest BCUT2D eigenvalue weighted by Gasteiger charge is 2.51. The molecule has 0 aromatic heterocycles. The number of aliphatic hydroxyl groups excluding tert-OH is 3. The summed E-state index contributed by atoms with van der Waals surface area (Å²) in [7, 11) is 0. The molecule has 2 fully saturated rings. The first kappa shape index (κ1) is 13.0. The van der Waals surface area contributed by atoms with Crippen molar-refractivity contribution in [2.75, 3.05) is 6.61 Å². The van der Waals surface area contributed by atoms with E-state index < -0.39 is 37.0 Å². The average Bonchev–Trinajstić information content (AvgIpc) is 2.44. The number of aliphatic hydroxyl groups is 3. The maximum Gasteiger partial charge on any atom is 0.185 e. The molecule has 2 aliphatic rings. The molecule has 2 bridgehead atoms. The largest absolute Gasteiger partial charge is 0.394 e. The first-order valence-electron chi connectivity index (χ1n) is 6.19. The summed E-state index contributed by atoms with van der Waals surface area (Å²) in [6.45, 7) is -0.340. The van der Waals surface area contributed by atoms with E-state index in [-0.39, 0.29) is 6.61 Å². The fourth-order valence-corrected chi connectivity index (χ4v) is 2.46. The van der Waals surface area contributed by atoms with Crippen LogP contribution in [0.1, 0.15) is 11.9 Å². The Bertz CT molecular complexity index is 422. The van der Waals surface area contributed by atoms with Gasteiger partial charge < -0.3 is 29.5 Å². The number of hydrogen-bond acceptors (Lipinski definition) is 6. The van der Waals surface area contributed by atoms with Crippen molar-refractivity contribution < 1.29 is 29.5 Å². The molecule has 2 aliphatic heterocycles. The lowest BCUT2D eigenvalue weighted by atomic mass is 9.97. The van der Waals surface area contributed by atoms with Gasteiger partial charge in [-0.2, -0.15) is 0 Å². The van der Waals surface area contributed by atoms with Crippen LogP contribution in [0.15, 0.2) is 30.3 Å². The van der Waals surface area contributed by atoms with Gasteiger partial charge in [0.15, 0.2) is 12.6 Å². The van der Waals surface area contributed by atoms with Crippen LogP contribution in [0, 0.1) is 0 Å². The zero-order chi connectivity index (χ0) is 13.4. The van der Waals surface area contributed by atoms with Gasteiger partial charge >= 0.3 is 0 Å². The lowest BCUT2D eigenvalue weighted by Crippen LogP contribution is -2.63. The summed E-state index contributed by atoms with van der Waals surface area (Å²) in [6.07, 6.45) is -5.37. The quantitative estimate of drug-likeness (QED) is 0.672. The molecule has 6 nitrogen and oxygen atoms in total. The molecule has 1 aromatic carbocycles. The molecule has 0 saturated carbocycles. The van der Waals surface area contributed by atoms with Crippen molar-refractivity contribution in [3.05, 3.63) is 35.9 Å². The summed E-state index contributed by atoms with van der Waals surface area (Å²) in [5, 5.41) is 29.0. The fourth-order valence-electron chi connectivity index (χ4n) is 2.46. The number of benzene rings is 1. The Kier molecular flexibility index (Phi) is 3.53. The van der Waals surface area contributed by atoms with Crippen molar-refractivity contribution in [2.24, 2.45) is 0 Å². The minimum absolute atomic E-state index is 0.340. The molecule has 2 heterocycles. The van der Waals surface area contributed by atoms with E-state index in [0.717, 1.165) is 5.56 Å². The Hall–Kier alpha value is -1.02. The topological polar surface area (TPSA) is 88.4 Å². The molecule has 2 saturated heterocycles. The van der Waals surface area contributed by atoms with Crippen LogP contribution in [0.2, 0.25) is 0 Å². The van der Waals surface area contributed by atoms with Crippen molar-refractivity contribution in [3.8, 4) is 0 Å². The summed E-state index contributed by atoms with van der Waals surface area (Å²) in [5.41, 5.74) is 0.787. The van der Waals surface area contributed by atoms with E-state index >= 15 is 0 Å². The standard InChI is InChI=1S/C13H16O6/c14-6-8-10-9(15)11(12(16)17-8)19-13(18-10)7-4-2-1-3-5-7/h1-5,8-16H,6H2. The van der Waals surface area contributed by atoms with Gasteiger partial charge in [0, 0.05) is 5.56 Å². The van der Waals surface area contributed by atoms with Crippen LogP contribution in [0.3, 0.4) is 0 Å². The van der Waals surface area contributed by atoms with Crippen molar-refractivity contribution in [3.63, 3.8) is 0 Å². The first-order valence-corrected chi connectivity index (χ1v) is 6.19. The van der Waals surface area contributed by atoms with Crippen LogP contribution < -0.4 is 0 Å². The summed E-state index contributed by atoms with van der Waals surface area (Å²) in [5.74, 6) is 0. The highest BCUT2D eigenvalue weighted by Crippen LogP contribution is 2.37. The molecule has 19 heavy (non-hydrogen) atoms. The van der Waals surface area contributed by atoms with E-state index in [2.05, 4.69) is 0 Å². The maximum absolute atomic E-state index is 10.0. The summed E-state index contributed by atoms with van der Waals surface area (Å²) >= 11 is 0. The molecule has 3 rings (SSSR count). The SMILES string of the molecule is OCC1OC(O)C2OC(c3ccccc3)OC1C2O. The second-order valence-electron chi connectivity index (χ2n) is 4.68. The Morgan fingerprint density at radius 1 is 0.947 bits per heavy atom. The molecule has 104 valence electrons. The third kappa shape index (κ3) is 2.27. The van der Waals surface area contributed by atoms with E-state index in [1.807, 2.05) is 30.3 Å². The maximum atomic E-state index is 10.0. The van der Waals surface area contributed by atoms with Crippen LogP contribution in [0.4, 0.5) is 0 Å². The van der Waals surface area contributed by atoms with E-state index in [0.29, 0.717) is 0 Å². The summed E-state index contributed by atoms with van der Waals surface area (Å²) in [4.78, 5) is 0. The van der Waals surface area contributed by atoms with Crippen LogP contribution in [0.5, 0.6) is 0 Å². The van der Waals surface area contributed by atoms with E-state index in [9.17, 15) is 15.3 Å². The molecule has 0 radical (unpaired) electrons. The van der Waals surface area contributed by atoms with Gasteiger partial charge in [-0.3, -0.25) is 0 Å². The van der Waals surface area contributed by atoms with E-state index in [4.69, 9.17) is 14.2 Å². The van der Waals surface area contributed by atoms with Crippen molar-refractivity contribution in [1.82, 2.24) is 0 Å². The average molecular weight is 268 g/mol. The Labute approximate surface area is 110 Å². The molecule has 3 N–H and O–H groups in total. The lowest BCUT2D eigenvalue weighted by molar-refractivity contribution is -0.391. The minimum atomic E-state index is -1.28. The van der Waals surface area contributed by atoms with Gasteiger partial charge in [-0.15, -0.1) is 0 Å². The van der Waals surface area contributed by atoms with Gasteiger partial charge in [-0.25, -0.2) is 0 Å². The van der Waals surface area contributed by atoms with Crippen LogP contribution in [0.25, 0.3) is 0 Å². The predicted octanol–water partition coefficient (Wildman–Crippen LogP) is -0.460. The normalized spacial score (nSPS) is 42.1. The number of fused-ring (bicyclic) bond motifs is 2. The second kappa shape index (κ2) is 5.16. The van der Waals surface area contributed by atoms with Gasteiger partial charge in [0.1, 0.15) is 24.4 Å². The van der Waals surface area contributed by atoms with Crippen molar-refractivity contribution >= 4 is 0 Å². The molecular weight excluding hydrogens is 252 g/mol. The van der Waals surface area contributed by atoms with Crippen LogP contribution >= 0.6 is 0 Å². The van der Waals surface area contributed by atoms with Gasteiger partial charge in [0.05, 0.1) is 6.61 Å². The van der Waals surface area contributed by atoms with Crippen molar-refractivity contribution in [2.45, 2.75) is 37.0 Å². The Morgan fingerprint density at radius 2 is 1.63 bits per heavy atom. The molecule has 0 amide bonds. The van der Waals surface area contributed by atoms with Gasteiger partial charge in [-0.05, 0) is 0 Å². The monoisotopic (exact) mass is 268 g/mol. The van der Waals surface area contributed by atoms with Crippen molar-refractivity contribution in [1.29, 1.82) is 0 Å². The third-order valence-corrected chi connectivity index (χ3v) is 3.45. The third-order valence-electron chi connectivity index (χ3n) is 3.45. The summed E-state index contributed by atoms with van der Waals surface area (Å²) in [6, 6.07) is 9.23. The number of ether oxygens (including phenoxy) is 3. The molecular formula is C13H16O6. The molecule has 0 aliphatic carbocycles. The molecule has 6 unspecified atom stereocenters. The smallest absolute Gasteiger partial charge is 0.185 e. The van der Waals surface area contributed by atoms with Crippen LogP contribution in [-0.4, -0.2) is 52.6 Å². The van der Waals surface area contributed by atoms with Crippen LogP contribution in [-0.2, 0) is 14.2 Å². The highest BCUT2D eigenvalue weighted by molar-refractivity contribution is 5.17. The predicted molar refractivity (Wildman–Crippen MR) is 62.9 cm³/mol. The lowest BCUT2D eigenvalue weighted by Gasteiger charge is -2.48. The second-order valence-corrected chi connectivity index (χ2v) is 4.68. The van der Waals surface area contributed by atoms with E-state index in [1.54, 1.807) is 0 Å². The van der Waals surface area contributed by atoms with E-state index in [1.165, 1.54) is 0 Å². The highest BCUT2D eigenvalue weighted by atomic mass is 16.8. The van der Waals surface area contributed by atoms with Gasteiger partial charge in [0.2, 0.25) is 0 Å². The number of hydrogen-bond donors (Lipinski definition) is 3. The number of rotatable bonds is 2. The Morgan fingerprint density at radius 3 is 2.32 bits per heavy atom. The first-order chi connectivity index (χ1) is 9.20. The molecule has 0 spiro atoms. The minimum Gasteiger partial charge on any atom is -0.394 e. The molecule has 6 heteroatoms. The van der Waals surface area contributed by atoms with Gasteiger partial charge in [0.25, 0.3) is 0 Å². The van der Waals surface area contributed by atoms with Gasteiger partial charge in [-0.1, -0.05) is 30.3 Å². The molecule has 6 atom stereocenters. The summed E-state index contributed by atoms with van der Waals surface area (Å²) < 4.78 is 16.3. The molecule has 1 aromatic rings. The zero-order valence-corrected chi connectivity index (χ0v) is 10.1. The zero-order valence-electron chi connectivity index (χ0n) is 10.1. The Balaban J connectivity index is 1.85.